The van der Waals surface area contributed by atoms with Gasteiger partial charge >= 0.3 is 0 Å². The Morgan fingerprint density at radius 3 is 2.56 bits per heavy atom. The van der Waals surface area contributed by atoms with Crippen molar-refractivity contribution in [2.45, 2.75) is 46.2 Å². The van der Waals surface area contributed by atoms with Crippen molar-refractivity contribution in [3.63, 3.8) is 0 Å². The fourth-order valence-electron chi connectivity index (χ4n) is 3.44. The Hall–Kier alpha value is -1.77. The molecule has 0 bridgehead atoms. The van der Waals surface area contributed by atoms with E-state index in [1.807, 2.05) is 12.1 Å². The minimum atomic E-state index is 0.807. The lowest BCUT2D eigenvalue weighted by atomic mass is 10.1. The zero-order chi connectivity index (χ0) is 17.6. The van der Waals surface area contributed by atoms with E-state index >= 15 is 0 Å². The van der Waals surface area contributed by atoms with Crippen LogP contribution in [0, 0.1) is 6.92 Å². The molecule has 132 valence electrons. The maximum absolute atomic E-state index is 6.39. The largest absolute Gasteiger partial charge is 0.340 e. The third-order valence-corrected chi connectivity index (χ3v) is 5.28. The Morgan fingerprint density at radius 2 is 1.76 bits per heavy atom. The average molecular weight is 355 g/mol. The summed E-state index contributed by atoms with van der Waals surface area (Å²) in [7, 11) is 0. The van der Waals surface area contributed by atoms with Gasteiger partial charge in [0.25, 0.3) is 0 Å². The molecule has 0 unspecified atom stereocenters. The number of hydrogen-bond acceptors (Lipinski definition) is 1. The molecular formula is C22H27ClN2. The molecule has 0 aliphatic heterocycles. The molecule has 0 aliphatic rings. The van der Waals surface area contributed by atoms with Crippen LogP contribution in [0.15, 0.2) is 48.5 Å². The normalized spacial score (nSPS) is 11.3. The van der Waals surface area contributed by atoms with Crippen LogP contribution in [0.4, 0.5) is 0 Å². The van der Waals surface area contributed by atoms with Crippen LogP contribution in [0.2, 0.25) is 5.02 Å². The average Bonchev–Trinajstić information content (AvgIpc) is 2.89. The molecule has 1 aromatic heterocycles. The summed E-state index contributed by atoms with van der Waals surface area (Å²) in [5.41, 5.74) is 5.17. The van der Waals surface area contributed by atoms with Gasteiger partial charge in [-0.3, -0.25) is 0 Å². The molecule has 3 heteroatoms. The number of nitrogens with one attached hydrogen (secondary N) is 1. The first kappa shape index (κ1) is 18.0. The van der Waals surface area contributed by atoms with Gasteiger partial charge in [0.2, 0.25) is 0 Å². The standard InChI is InChI=1S/C22H27ClN2/c1-3-4-9-14-24-15-20-17(2)25(22-13-8-6-11-19(20)22)16-18-10-5-7-12-21(18)23/h5-8,10-13,24H,3-4,9,14-16H2,1-2H3. The van der Waals surface area contributed by atoms with Crippen molar-refractivity contribution in [2.75, 3.05) is 6.54 Å². The number of halogens is 1. The van der Waals surface area contributed by atoms with Gasteiger partial charge in [-0.2, -0.15) is 0 Å². The van der Waals surface area contributed by atoms with Gasteiger partial charge in [0, 0.05) is 34.7 Å². The molecule has 3 aromatic rings. The van der Waals surface area contributed by atoms with Crippen molar-refractivity contribution in [3.05, 3.63) is 70.4 Å². The van der Waals surface area contributed by atoms with E-state index in [2.05, 4.69) is 60.1 Å². The quantitative estimate of drug-likeness (QED) is 0.496. The summed E-state index contributed by atoms with van der Waals surface area (Å²) in [4.78, 5) is 0. The number of aromatic nitrogens is 1. The Morgan fingerprint density at radius 1 is 1.00 bits per heavy atom. The number of benzene rings is 2. The van der Waals surface area contributed by atoms with Gasteiger partial charge in [0.05, 0.1) is 0 Å². The van der Waals surface area contributed by atoms with E-state index in [0.717, 1.165) is 30.2 Å². The van der Waals surface area contributed by atoms with Gasteiger partial charge in [0.15, 0.2) is 0 Å². The van der Waals surface area contributed by atoms with E-state index in [9.17, 15) is 0 Å². The summed E-state index contributed by atoms with van der Waals surface area (Å²) >= 11 is 6.39. The van der Waals surface area contributed by atoms with Gasteiger partial charge in [-0.15, -0.1) is 0 Å². The van der Waals surface area contributed by atoms with Gasteiger partial charge in [-0.25, -0.2) is 0 Å². The number of nitrogens with zero attached hydrogens (tertiary/aromatic N) is 1. The van der Waals surface area contributed by atoms with E-state index in [0.29, 0.717) is 0 Å². The number of rotatable bonds is 8. The summed E-state index contributed by atoms with van der Waals surface area (Å²) in [5, 5.41) is 5.79. The lowest BCUT2D eigenvalue weighted by Gasteiger charge is -2.11. The van der Waals surface area contributed by atoms with Crippen LogP contribution in [0.3, 0.4) is 0 Å². The molecular weight excluding hydrogens is 328 g/mol. The molecule has 0 saturated heterocycles. The minimum absolute atomic E-state index is 0.807. The Kier molecular flexibility index (Phi) is 6.17. The summed E-state index contributed by atoms with van der Waals surface area (Å²) in [6.45, 7) is 7.27. The zero-order valence-electron chi connectivity index (χ0n) is 15.2. The second kappa shape index (κ2) is 8.55. The van der Waals surface area contributed by atoms with Crippen molar-refractivity contribution >= 4 is 22.5 Å². The van der Waals surface area contributed by atoms with Gasteiger partial charge in [0.1, 0.15) is 0 Å². The number of hydrogen-bond donors (Lipinski definition) is 1. The molecule has 25 heavy (non-hydrogen) atoms. The molecule has 0 fully saturated rings. The predicted octanol–water partition coefficient (Wildman–Crippen LogP) is 5.93. The molecule has 0 atom stereocenters. The predicted molar refractivity (Wildman–Crippen MR) is 108 cm³/mol. The second-order valence-electron chi connectivity index (χ2n) is 6.64. The number of fused-ring (bicyclic) bond motifs is 1. The first-order valence-corrected chi connectivity index (χ1v) is 9.61. The molecule has 0 spiro atoms. The summed E-state index contributed by atoms with van der Waals surface area (Å²) < 4.78 is 2.39. The fourth-order valence-corrected chi connectivity index (χ4v) is 3.64. The van der Waals surface area contributed by atoms with Crippen LogP contribution in [-0.2, 0) is 13.1 Å². The van der Waals surface area contributed by atoms with E-state index in [1.165, 1.54) is 41.4 Å². The maximum Gasteiger partial charge on any atom is 0.0493 e. The Balaban J connectivity index is 1.88. The lowest BCUT2D eigenvalue weighted by Crippen LogP contribution is -2.15. The van der Waals surface area contributed by atoms with Crippen molar-refractivity contribution in [1.29, 1.82) is 0 Å². The van der Waals surface area contributed by atoms with Crippen molar-refractivity contribution < 1.29 is 0 Å². The van der Waals surface area contributed by atoms with Crippen LogP contribution in [-0.4, -0.2) is 11.1 Å². The highest BCUT2D eigenvalue weighted by Crippen LogP contribution is 2.28. The van der Waals surface area contributed by atoms with Crippen LogP contribution >= 0.6 is 11.6 Å². The number of para-hydroxylation sites is 1. The molecule has 0 amide bonds. The fraction of sp³-hybridized carbons (Fsp3) is 0.364. The summed E-state index contributed by atoms with van der Waals surface area (Å²) in [5.74, 6) is 0. The molecule has 0 saturated carbocycles. The summed E-state index contributed by atoms with van der Waals surface area (Å²) in [6, 6.07) is 16.8. The lowest BCUT2D eigenvalue weighted by molar-refractivity contribution is 0.615. The highest BCUT2D eigenvalue weighted by Gasteiger charge is 2.14. The smallest absolute Gasteiger partial charge is 0.0493 e. The topological polar surface area (TPSA) is 17.0 Å². The first-order valence-electron chi connectivity index (χ1n) is 9.23. The molecule has 0 radical (unpaired) electrons. The molecule has 0 aliphatic carbocycles. The molecule has 3 rings (SSSR count). The van der Waals surface area contributed by atoms with E-state index < -0.39 is 0 Å². The Labute approximate surface area is 155 Å². The molecule has 1 N–H and O–H groups in total. The second-order valence-corrected chi connectivity index (χ2v) is 7.05. The first-order chi connectivity index (χ1) is 12.2. The highest BCUT2D eigenvalue weighted by molar-refractivity contribution is 6.31. The van der Waals surface area contributed by atoms with Crippen LogP contribution in [0.5, 0.6) is 0 Å². The molecule has 2 nitrogen and oxygen atoms in total. The van der Waals surface area contributed by atoms with E-state index in [1.54, 1.807) is 0 Å². The monoisotopic (exact) mass is 354 g/mol. The Bertz CT molecular complexity index is 835. The van der Waals surface area contributed by atoms with Crippen molar-refractivity contribution in [1.82, 2.24) is 9.88 Å². The van der Waals surface area contributed by atoms with Crippen molar-refractivity contribution in [3.8, 4) is 0 Å². The summed E-state index contributed by atoms with van der Waals surface area (Å²) in [6.07, 6.45) is 3.80. The van der Waals surface area contributed by atoms with Gasteiger partial charge in [-0.05, 0) is 43.1 Å². The minimum Gasteiger partial charge on any atom is -0.340 e. The molecule has 2 aromatic carbocycles. The number of unbranched alkanes of at least 4 members (excludes halogenated alkanes) is 2. The van der Waals surface area contributed by atoms with Crippen molar-refractivity contribution in [2.24, 2.45) is 0 Å². The maximum atomic E-state index is 6.39. The third kappa shape index (κ3) is 4.08. The highest BCUT2D eigenvalue weighted by atomic mass is 35.5. The van der Waals surface area contributed by atoms with Crippen LogP contribution in [0.25, 0.3) is 10.9 Å². The molecule has 1 heterocycles. The van der Waals surface area contributed by atoms with Crippen LogP contribution < -0.4 is 5.32 Å². The van der Waals surface area contributed by atoms with Gasteiger partial charge in [-0.1, -0.05) is 67.8 Å². The van der Waals surface area contributed by atoms with Gasteiger partial charge < -0.3 is 9.88 Å². The van der Waals surface area contributed by atoms with E-state index in [-0.39, 0.29) is 0 Å². The zero-order valence-corrected chi connectivity index (χ0v) is 15.9. The van der Waals surface area contributed by atoms with Crippen LogP contribution in [0.1, 0.15) is 43.0 Å². The SMILES string of the molecule is CCCCCNCc1c(C)n(Cc2ccccc2Cl)c2ccccc12. The van der Waals surface area contributed by atoms with E-state index in [4.69, 9.17) is 11.6 Å². The third-order valence-electron chi connectivity index (χ3n) is 4.91.